The second-order valence-corrected chi connectivity index (χ2v) is 7.85. The van der Waals surface area contributed by atoms with Gasteiger partial charge in [-0.05, 0) is 24.3 Å². The summed E-state index contributed by atoms with van der Waals surface area (Å²) in [5.41, 5.74) is 1.08. The number of methoxy groups -OCH3 is 1. The lowest BCUT2D eigenvalue weighted by molar-refractivity contribution is 0.269. The molecule has 0 atom stereocenters. The fourth-order valence-corrected chi connectivity index (χ4v) is 3.98. The van der Waals surface area contributed by atoms with Crippen molar-refractivity contribution >= 4 is 15.8 Å². The minimum Gasteiger partial charge on any atom is -0.495 e. The Hall–Kier alpha value is -2.25. The predicted molar refractivity (Wildman–Crippen MR) is 103 cm³/mol. The van der Waals surface area contributed by atoms with Gasteiger partial charge in [0.15, 0.2) is 0 Å². The highest BCUT2D eigenvalue weighted by atomic mass is 32.2. The van der Waals surface area contributed by atoms with Crippen LogP contribution in [0.4, 0.5) is 5.69 Å². The third-order valence-electron chi connectivity index (χ3n) is 4.42. The molecule has 0 aromatic heterocycles. The van der Waals surface area contributed by atoms with Crippen molar-refractivity contribution in [3.63, 3.8) is 0 Å². The average molecular weight is 376 g/mol. The first-order valence-electron chi connectivity index (χ1n) is 8.65. The molecule has 6 nitrogen and oxygen atoms in total. The SMILES string of the molecule is COc1ccccc1N1CCN(CCS(=O)(=O)Oc2ccccc2)CC1. The Morgan fingerprint density at radius 2 is 1.58 bits per heavy atom. The number of ether oxygens (including phenoxy) is 1. The first kappa shape index (κ1) is 18.5. The monoisotopic (exact) mass is 376 g/mol. The normalized spacial score (nSPS) is 15.7. The van der Waals surface area contributed by atoms with Gasteiger partial charge in [-0.1, -0.05) is 30.3 Å². The molecule has 140 valence electrons. The molecule has 3 rings (SSSR count). The molecule has 1 heterocycles. The summed E-state index contributed by atoms with van der Waals surface area (Å²) < 4.78 is 34.8. The maximum atomic E-state index is 12.1. The van der Waals surface area contributed by atoms with E-state index in [2.05, 4.69) is 9.80 Å². The molecular weight excluding hydrogens is 352 g/mol. The number of piperazine rings is 1. The number of nitrogens with zero attached hydrogens (tertiary/aromatic N) is 2. The number of anilines is 1. The summed E-state index contributed by atoms with van der Waals surface area (Å²) in [6.45, 7) is 3.74. The van der Waals surface area contributed by atoms with Gasteiger partial charge in [0.1, 0.15) is 11.5 Å². The van der Waals surface area contributed by atoms with E-state index in [1.165, 1.54) is 0 Å². The second kappa shape index (κ2) is 8.42. The van der Waals surface area contributed by atoms with Gasteiger partial charge in [-0.25, -0.2) is 0 Å². The molecule has 0 amide bonds. The molecule has 0 bridgehead atoms. The van der Waals surface area contributed by atoms with Gasteiger partial charge in [0.25, 0.3) is 0 Å². The van der Waals surface area contributed by atoms with Crippen LogP contribution in [-0.2, 0) is 10.1 Å². The molecule has 0 N–H and O–H groups in total. The van der Waals surface area contributed by atoms with Crippen LogP contribution in [0, 0.1) is 0 Å². The van der Waals surface area contributed by atoms with E-state index < -0.39 is 10.1 Å². The Morgan fingerprint density at radius 3 is 2.27 bits per heavy atom. The maximum absolute atomic E-state index is 12.1. The van der Waals surface area contributed by atoms with Crippen molar-refractivity contribution in [2.75, 3.05) is 50.5 Å². The summed E-state index contributed by atoms with van der Waals surface area (Å²) in [4.78, 5) is 4.42. The van der Waals surface area contributed by atoms with Gasteiger partial charge in [0.05, 0.1) is 18.6 Å². The summed E-state index contributed by atoms with van der Waals surface area (Å²) in [5.74, 6) is 1.20. The van der Waals surface area contributed by atoms with E-state index in [4.69, 9.17) is 8.92 Å². The Balaban J connectivity index is 1.50. The number of benzene rings is 2. The van der Waals surface area contributed by atoms with Crippen molar-refractivity contribution in [3.05, 3.63) is 54.6 Å². The topological polar surface area (TPSA) is 59.1 Å². The first-order chi connectivity index (χ1) is 12.6. The molecule has 1 aliphatic heterocycles. The Morgan fingerprint density at radius 1 is 0.923 bits per heavy atom. The zero-order chi connectivity index (χ0) is 18.4. The van der Waals surface area contributed by atoms with Gasteiger partial charge < -0.3 is 13.8 Å². The van der Waals surface area contributed by atoms with Crippen LogP contribution in [0.15, 0.2) is 54.6 Å². The average Bonchev–Trinajstić information content (AvgIpc) is 2.67. The van der Waals surface area contributed by atoms with Crippen LogP contribution in [0.1, 0.15) is 0 Å². The third-order valence-corrected chi connectivity index (χ3v) is 5.55. The van der Waals surface area contributed by atoms with Crippen LogP contribution >= 0.6 is 0 Å². The first-order valence-corrected chi connectivity index (χ1v) is 10.2. The van der Waals surface area contributed by atoms with E-state index in [1.807, 2.05) is 30.3 Å². The summed E-state index contributed by atoms with van der Waals surface area (Å²) in [7, 11) is -1.91. The molecule has 1 saturated heterocycles. The molecule has 0 saturated carbocycles. The zero-order valence-corrected chi connectivity index (χ0v) is 15.7. The number of hydrogen-bond acceptors (Lipinski definition) is 6. The van der Waals surface area contributed by atoms with Crippen LogP contribution in [-0.4, -0.2) is 58.9 Å². The van der Waals surface area contributed by atoms with E-state index >= 15 is 0 Å². The molecule has 2 aromatic rings. The van der Waals surface area contributed by atoms with E-state index in [1.54, 1.807) is 31.4 Å². The largest absolute Gasteiger partial charge is 0.495 e. The smallest absolute Gasteiger partial charge is 0.310 e. The van der Waals surface area contributed by atoms with Gasteiger partial charge >= 0.3 is 10.1 Å². The second-order valence-electron chi connectivity index (χ2n) is 6.16. The van der Waals surface area contributed by atoms with Crippen LogP contribution in [0.5, 0.6) is 11.5 Å². The Kier molecular flexibility index (Phi) is 6.00. The van der Waals surface area contributed by atoms with Gasteiger partial charge in [-0.2, -0.15) is 8.42 Å². The molecule has 26 heavy (non-hydrogen) atoms. The van der Waals surface area contributed by atoms with Crippen molar-refractivity contribution in [1.82, 2.24) is 4.90 Å². The summed E-state index contributed by atoms with van der Waals surface area (Å²) in [6.07, 6.45) is 0. The lowest BCUT2D eigenvalue weighted by Crippen LogP contribution is -2.47. The van der Waals surface area contributed by atoms with Gasteiger partial charge in [0.2, 0.25) is 0 Å². The fourth-order valence-electron chi connectivity index (χ4n) is 3.01. The highest BCUT2D eigenvalue weighted by Crippen LogP contribution is 2.28. The van der Waals surface area contributed by atoms with Crippen LogP contribution in [0.3, 0.4) is 0 Å². The number of hydrogen-bond donors (Lipinski definition) is 0. The molecule has 0 radical (unpaired) electrons. The van der Waals surface area contributed by atoms with Crippen LogP contribution < -0.4 is 13.8 Å². The van der Waals surface area contributed by atoms with Crippen molar-refractivity contribution in [3.8, 4) is 11.5 Å². The molecule has 0 aliphatic carbocycles. The molecule has 1 aliphatic rings. The maximum Gasteiger partial charge on any atom is 0.310 e. The van der Waals surface area contributed by atoms with Crippen LogP contribution in [0.2, 0.25) is 0 Å². The van der Waals surface area contributed by atoms with Gasteiger partial charge in [0, 0.05) is 32.7 Å². The summed E-state index contributed by atoms with van der Waals surface area (Å²) in [5, 5.41) is 0. The highest BCUT2D eigenvalue weighted by molar-refractivity contribution is 7.87. The number of rotatable bonds is 7. The lowest BCUT2D eigenvalue weighted by atomic mass is 10.2. The van der Waals surface area contributed by atoms with E-state index in [0.717, 1.165) is 37.6 Å². The molecule has 0 spiro atoms. The lowest BCUT2D eigenvalue weighted by Gasteiger charge is -2.36. The molecular formula is C19H24N2O4S. The molecule has 7 heteroatoms. The van der Waals surface area contributed by atoms with Crippen molar-refractivity contribution in [1.29, 1.82) is 0 Å². The van der Waals surface area contributed by atoms with E-state index in [0.29, 0.717) is 12.3 Å². The van der Waals surface area contributed by atoms with E-state index in [-0.39, 0.29) is 5.75 Å². The standard InChI is InChI=1S/C19H24N2O4S/c1-24-19-10-6-5-9-18(19)21-13-11-20(12-14-21)15-16-26(22,23)25-17-7-3-2-4-8-17/h2-10H,11-16H2,1H3. The minimum atomic E-state index is -3.59. The van der Waals surface area contributed by atoms with Crippen molar-refractivity contribution in [2.45, 2.75) is 0 Å². The zero-order valence-electron chi connectivity index (χ0n) is 14.9. The summed E-state index contributed by atoms with van der Waals surface area (Å²) >= 11 is 0. The van der Waals surface area contributed by atoms with Crippen molar-refractivity contribution < 1.29 is 17.3 Å². The summed E-state index contributed by atoms with van der Waals surface area (Å²) in [6, 6.07) is 16.6. The van der Waals surface area contributed by atoms with Gasteiger partial charge in [-0.3, -0.25) is 4.90 Å². The van der Waals surface area contributed by atoms with Crippen molar-refractivity contribution in [2.24, 2.45) is 0 Å². The minimum absolute atomic E-state index is 0.0173. The predicted octanol–water partition coefficient (Wildman–Crippen LogP) is 2.23. The third kappa shape index (κ3) is 4.89. The quantitative estimate of drug-likeness (QED) is 0.691. The van der Waals surface area contributed by atoms with E-state index in [9.17, 15) is 8.42 Å². The molecule has 2 aromatic carbocycles. The fraction of sp³-hybridized carbons (Fsp3) is 0.368. The Labute approximate surface area is 155 Å². The molecule has 0 unspecified atom stereocenters. The highest BCUT2D eigenvalue weighted by Gasteiger charge is 2.21. The van der Waals surface area contributed by atoms with Crippen LogP contribution in [0.25, 0.3) is 0 Å². The number of para-hydroxylation sites is 3. The molecule has 1 fully saturated rings. The Bertz CT molecular complexity index is 803. The van der Waals surface area contributed by atoms with Gasteiger partial charge in [-0.15, -0.1) is 0 Å².